The Balaban J connectivity index is 2.63. The molecule has 0 aromatic heterocycles. The second kappa shape index (κ2) is 7.42. The molecular formula is C15H20N2O4. The van der Waals surface area contributed by atoms with Gasteiger partial charge in [-0.25, -0.2) is 9.59 Å². The van der Waals surface area contributed by atoms with E-state index in [1.165, 1.54) is 6.92 Å². The third-order valence-electron chi connectivity index (χ3n) is 2.73. The molecule has 3 amide bonds. The van der Waals surface area contributed by atoms with E-state index in [9.17, 15) is 14.4 Å². The normalized spacial score (nSPS) is 11.8. The van der Waals surface area contributed by atoms with Crippen molar-refractivity contribution >= 4 is 17.9 Å². The number of esters is 1. The number of carbonyl (C=O) groups excluding carboxylic acids is 3. The van der Waals surface area contributed by atoms with Crippen molar-refractivity contribution in [3.63, 3.8) is 0 Å². The summed E-state index contributed by atoms with van der Waals surface area (Å²) < 4.78 is 4.96. The summed E-state index contributed by atoms with van der Waals surface area (Å²) in [5.74, 6) is -0.856. The zero-order valence-electron chi connectivity index (χ0n) is 12.4. The lowest BCUT2D eigenvalue weighted by Crippen LogP contribution is -2.42. The number of rotatable bonds is 5. The van der Waals surface area contributed by atoms with Crippen LogP contribution in [0.5, 0.6) is 0 Å². The Kier molecular flexibility index (Phi) is 5.90. The fourth-order valence-corrected chi connectivity index (χ4v) is 1.75. The minimum absolute atomic E-state index is 0.348. The van der Waals surface area contributed by atoms with Crippen molar-refractivity contribution in [2.24, 2.45) is 11.7 Å². The summed E-state index contributed by atoms with van der Waals surface area (Å²) in [5, 5.41) is 1.85. The van der Waals surface area contributed by atoms with Crippen LogP contribution in [0.4, 0.5) is 4.79 Å². The maximum atomic E-state index is 11.9. The van der Waals surface area contributed by atoms with E-state index >= 15 is 0 Å². The number of hydrogen-bond acceptors (Lipinski definition) is 4. The molecule has 0 aliphatic heterocycles. The number of hydrogen-bond donors (Lipinski definition) is 2. The van der Waals surface area contributed by atoms with Gasteiger partial charge in [0, 0.05) is 0 Å². The highest BCUT2D eigenvalue weighted by atomic mass is 16.5. The van der Waals surface area contributed by atoms with Crippen LogP contribution in [0.25, 0.3) is 0 Å². The first kappa shape index (κ1) is 16.7. The number of benzene rings is 1. The fourth-order valence-electron chi connectivity index (χ4n) is 1.75. The van der Waals surface area contributed by atoms with E-state index in [1.54, 1.807) is 12.1 Å². The molecule has 114 valence electrons. The molecule has 0 fully saturated rings. The predicted octanol–water partition coefficient (Wildman–Crippen LogP) is 1.63. The van der Waals surface area contributed by atoms with E-state index < -0.39 is 24.0 Å². The maximum absolute atomic E-state index is 11.9. The summed E-state index contributed by atoms with van der Waals surface area (Å²) in [6.45, 7) is 5.59. The van der Waals surface area contributed by atoms with Crippen molar-refractivity contribution in [1.29, 1.82) is 0 Å². The van der Waals surface area contributed by atoms with Crippen molar-refractivity contribution in [2.45, 2.75) is 33.3 Å². The van der Waals surface area contributed by atoms with Crippen LogP contribution < -0.4 is 11.1 Å². The highest BCUT2D eigenvalue weighted by Crippen LogP contribution is 2.11. The van der Waals surface area contributed by atoms with Crippen LogP contribution in [0.2, 0.25) is 0 Å². The third-order valence-corrected chi connectivity index (χ3v) is 2.73. The molecule has 1 atom stereocenters. The maximum Gasteiger partial charge on any atom is 0.338 e. The minimum Gasteiger partial charge on any atom is -0.449 e. The first-order valence-electron chi connectivity index (χ1n) is 6.69. The quantitative estimate of drug-likeness (QED) is 0.806. The Morgan fingerprint density at radius 3 is 2.19 bits per heavy atom. The topological polar surface area (TPSA) is 98.5 Å². The molecule has 21 heavy (non-hydrogen) atoms. The molecule has 0 heterocycles. The van der Waals surface area contributed by atoms with Gasteiger partial charge in [0.15, 0.2) is 6.10 Å². The van der Waals surface area contributed by atoms with Gasteiger partial charge in [-0.3, -0.25) is 10.1 Å². The van der Waals surface area contributed by atoms with Gasteiger partial charge in [0.05, 0.1) is 5.56 Å². The van der Waals surface area contributed by atoms with Crippen LogP contribution in [0.15, 0.2) is 24.3 Å². The molecule has 0 unspecified atom stereocenters. The van der Waals surface area contributed by atoms with Crippen LogP contribution in [-0.4, -0.2) is 24.0 Å². The van der Waals surface area contributed by atoms with Gasteiger partial charge < -0.3 is 10.5 Å². The van der Waals surface area contributed by atoms with Crippen LogP contribution >= 0.6 is 0 Å². The van der Waals surface area contributed by atoms with Crippen LogP contribution in [-0.2, 0) is 16.0 Å². The molecule has 0 saturated heterocycles. The van der Waals surface area contributed by atoms with Gasteiger partial charge in [0.2, 0.25) is 0 Å². The highest BCUT2D eigenvalue weighted by Gasteiger charge is 2.19. The van der Waals surface area contributed by atoms with E-state index in [0.717, 1.165) is 12.0 Å². The van der Waals surface area contributed by atoms with Crippen molar-refractivity contribution < 1.29 is 19.1 Å². The molecule has 3 N–H and O–H groups in total. The number of urea groups is 1. The Morgan fingerprint density at radius 2 is 1.71 bits per heavy atom. The lowest BCUT2D eigenvalue weighted by Gasteiger charge is -2.12. The SMILES string of the molecule is CC(C)Cc1ccc(C(=O)O[C@@H](C)C(=O)NC(N)=O)cc1. The van der Waals surface area contributed by atoms with Crippen molar-refractivity contribution in [3.8, 4) is 0 Å². The van der Waals surface area contributed by atoms with E-state index in [4.69, 9.17) is 10.5 Å². The average Bonchev–Trinajstić information content (AvgIpc) is 2.37. The molecule has 6 nitrogen and oxygen atoms in total. The number of ether oxygens (including phenoxy) is 1. The molecule has 0 saturated carbocycles. The number of nitrogens with two attached hydrogens (primary N) is 1. The Hall–Kier alpha value is -2.37. The number of amides is 3. The number of primary amides is 1. The highest BCUT2D eigenvalue weighted by molar-refractivity contribution is 5.98. The smallest absolute Gasteiger partial charge is 0.338 e. The van der Waals surface area contributed by atoms with Crippen molar-refractivity contribution in [2.75, 3.05) is 0 Å². The zero-order valence-corrected chi connectivity index (χ0v) is 12.4. The van der Waals surface area contributed by atoms with E-state index in [0.29, 0.717) is 11.5 Å². The average molecular weight is 292 g/mol. The van der Waals surface area contributed by atoms with Crippen molar-refractivity contribution in [3.05, 3.63) is 35.4 Å². The summed E-state index contributed by atoms with van der Waals surface area (Å²) in [4.78, 5) is 33.8. The molecular weight excluding hydrogens is 272 g/mol. The lowest BCUT2D eigenvalue weighted by atomic mass is 10.0. The first-order chi connectivity index (χ1) is 9.79. The summed E-state index contributed by atoms with van der Waals surface area (Å²) in [5.41, 5.74) is 6.29. The second-order valence-electron chi connectivity index (χ2n) is 5.20. The standard InChI is InChI=1S/C15H20N2O4/c1-9(2)8-11-4-6-12(7-5-11)14(19)21-10(3)13(18)17-15(16)20/h4-7,9-10H,8H2,1-3H3,(H3,16,17,18,20)/t10-/m0/s1. The first-order valence-corrected chi connectivity index (χ1v) is 6.69. The molecule has 1 aromatic carbocycles. The molecule has 0 bridgehead atoms. The van der Waals surface area contributed by atoms with Gasteiger partial charge in [-0.15, -0.1) is 0 Å². The second-order valence-corrected chi connectivity index (χ2v) is 5.20. The van der Waals surface area contributed by atoms with Gasteiger partial charge in [-0.05, 0) is 37.0 Å². The Labute approximate surface area is 123 Å². The number of carbonyl (C=O) groups is 3. The van der Waals surface area contributed by atoms with Gasteiger partial charge in [-0.1, -0.05) is 26.0 Å². The van der Waals surface area contributed by atoms with Crippen LogP contribution in [0.1, 0.15) is 36.7 Å². The molecule has 0 aliphatic rings. The van der Waals surface area contributed by atoms with Gasteiger partial charge in [0.1, 0.15) is 0 Å². The van der Waals surface area contributed by atoms with Crippen LogP contribution in [0, 0.1) is 5.92 Å². The Bertz CT molecular complexity index is 523. The number of imide groups is 1. The molecule has 0 aliphatic carbocycles. The molecule has 1 rings (SSSR count). The van der Waals surface area contributed by atoms with Gasteiger partial charge >= 0.3 is 12.0 Å². The van der Waals surface area contributed by atoms with Crippen LogP contribution in [0.3, 0.4) is 0 Å². The zero-order chi connectivity index (χ0) is 16.0. The van der Waals surface area contributed by atoms with E-state index in [1.807, 2.05) is 17.4 Å². The summed E-state index contributed by atoms with van der Waals surface area (Å²) >= 11 is 0. The van der Waals surface area contributed by atoms with E-state index in [-0.39, 0.29) is 0 Å². The minimum atomic E-state index is -1.10. The monoisotopic (exact) mass is 292 g/mol. The molecule has 6 heteroatoms. The van der Waals surface area contributed by atoms with E-state index in [2.05, 4.69) is 13.8 Å². The summed E-state index contributed by atoms with van der Waals surface area (Å²) in [7, 11) is 0. The van der Waals surface area contributed by atoms with Crippen molar-refractivity contribution in [1.82, 2.24) is 5.32 Å². The summed E-state index contributed by atoms with van der Waals surface area (Å²) in [6, 6.07) is 6.02. The molecule has 0 radical (unpaired) electrons. The fraction of sp³-hybridized carbons (Fsp3) is 0.400. The third kappa shape index (κ3) is 5.64. The molecule has 1 aromatic rings. The lowest BCUT2D eigenvalue weighted by molar-refractivity contribution is -0.127. The summed E-state index contributed by atoms with van der Waals surface area (Å²) in [6.07, 6.45) is -0.174. The largest absolute Gasteiger partial charge is 0.449 e. The van der Waals surface area contributed by atoms with Gasteiger partial charge in [0.25, 0.3) is 5.91 Å². The predicted molar refractivity (Wildman–Crippen MR) is 77.6 cm³/mol. The Morgan fingerprint density at radius 1 is 1.14 bits per heavy atom. The van der Waals surface area contributed by atoms with Gasteiger partial charge in [-0.2, -0.15) is 0 Å². The number of nitrogens with one attached hydrogen (secondary N) is 1. The molecule has 0 spiro atoms.